The molecule has 1 aliphatic rings. The van der Waals surface area contributed by atoms with E-state index in [0.717, 1.165) is 12.3 Å². The van der Waals surface area contributed by atoms with Crippen LogP contribution in [0.25, 0.3) is 0 Å². The van der Waals surface area contributed by atoms with Gasteiger partial charge < -0.3 is 0 Å². The van der Waals surface area contributed by atoms with E-state index >= 15 is 0 Å². The first-order valence-electron chi connectivity index (χ1n) is 7.75. The number of hydrogen-bond donors (Lipinski definition) is 0. The molecule has 0 aliphatic heterocycles. The van der Waals surface area contributed by atoms with Crippen molar-refractivity contribution in [2.45, 2.75) is 38.5 Å². The minimum Gasteiger partial charge on any atom is -0.207 e. The van der Waals surface area contributed by atoms with Gasteiger partial charge in [0.25, 0.3) is 0 Å². The van der Waals surface area contributed by atoms with Crippen molar-refractivity contribution in [3.05, 3.63) is 60.0 Å². The number of nitriles is 1. The van der Waals surface area contributed by atoms with Gasteiger partial charge in [-0.15, -0.1) is 0 Å². The zero-order chi connectivity index (χ0) is 14.9. The molecule has 1 aromatic rings. The first kappa shape index (κ1) is 15.5. The van der Waals surface area contributed by atoms with Gasteiger partial charge in [-0.3, -0.25) is 0 Å². The molecule has 0 amide bonds. The Hall–Kier alpha value is -1.88. The smallest absolute Gasteiger partial charge is 0.123 e. The molecule has 0 spiro atoms. The molecule has 0 aromatic heterocycles. The highest BCUT2D eigenvalue weighted by molar-refractivity contribution is 5.16. The van der Waals surface area contributed by atoms with E-state index in [-0.39, 0.29) is 5.82 Å². The second-order valence-electron chi connectivity index (χ2n) is 5.82. The Morgan fingerprint density at radius 3 is 2.48 bits per heavy atom. The van der Waals surface area contributed by atoms with Crippen molar-refractivity contribution in [3.63, 3.8) is 0 Å². The summed E-state index contributed by atoms with van der Waals surface area (Å²) in [5.41, 5.74) is 1.24. The molecule has 2 heteroatoms. The lowest BCUT2D eigenvalue weighted by molar-refractivity contribution is 0.296. The van der Waals surface area contributed by atoms with E-state index < -0.39 is 0 Å². The van der Waals surface area contributed by atoms with Crippen LogP contribution >= 0.6 is 0 Å². The van der Waals surface area contributed by atoms with Crippen LogP contribution in [-0.2, 0) is 6.42 Å². The normalized spacial score (nSPS) is 22.7. The molecular weight excluding hydrogens is 261 g/mol. The molecular formula is C19H22FN. The summed E-state index contributed by atoms with van der Waals surface area (Å²) in [4.78, 5) is 0. The fourth-order valence-corrected chi connectivity index (χ4v) is 3.01. The highest BCUT2D eigenvalue weighted by atomic mass is 19.1. The molecule has 0 heterocycles. The number of aryl methyl sites for hydroxylation is 1. The van der Waals surface area contributed by atoms with Gasteiger partial charge in [0.2, 0.25) is 0 Å². The van der Waals surface area contributed by atoms with Crippen LogP contribution in [0.3, 0.4) is 0 Å². The van der Waals surface area contributed by atoms with Gasteiger partial charge in [0.15, 0.2) is 0 Å². The maximum Gasteiger partial charge on any atom is 0.123 e. The van der Waals surface area contributed by atoms with Crippen LogP contribution in [-0.4, -0.2) is 0 Å². The molecule has 110 valence electrons. The van der Waals surface area contributed by atoms with Crippen LogP contribution in [0.4, 0.5) is 4.39 Å². The highest BCUT2D eigenvalue weighted by Gasteiger charge is 2.19. The Morgan fingerprint density at radius 2 is 1.81 bits per heavy atom. The summed E-state index contributed by atoms with van der Waals surface area (Å²) in [7, 11) is 0. The van der Waals surface area contributed by atoms with E-state index in [1.54, 1.807) is 18.2 Å². The first-order valence-corrected chi connectivity index (χ1v) is 7.75. The summed E-state index contributed by atoms with van der Waals surface area (Å²) in [6.07, 6.45) is 14.8. The summed E-state index contributed by atoms with van der Waals surface area (Å²) in [6, 6.07) is 8.88. The second kappa shape index (κ2) is 8.42. The molecule has 1 aromatic carbocycles. The second-order valence-corrected chi connectivity index (χ2v) is 5.82. The molecule has 1 aliphatic carbocycles. The van der Waals surface area contributed by atoms with Gasteiger partial charge in [-0.25, -0.2) is 4.39 Å². The molecule has 1 nitrogen and oxygen atoms in total. The molecule has 2 rings (SSSR count). The monoisotopic (exact) mass is 283 g/mol. The van der Waals surface area contributed by atoms with Gasteiger partial charge in [0.05, 0.1) is 6.07 Å². The van der Waals surface area contributed by atoms with Crippen molar-refractivity contribution in [1.82, 2.24) is 0 Å². The third-order valence-electron chi connectivity index (χ3n) is 4.31. The Morgan fingerprint density at radius 1 is 1.10 bits per heavy atom. The number of allylic oxidation sites excluding steroid dienone is 4. The Labute approximate surface area is 126 Å². The van der Waals surface area contributed by atoms with Crippen LogP contribution in [0.5, 0.6) is 0 Å². The fraction of sp³-hybridized carbons (Fsp3) is 0.421. The topological polar surface area (TPSA) is 23.8 Å². The maximum atomic E-state index is 12.8. The number of rotatable bonds is 5. The lowest BCUT2D eigenvalue weighted by Crippen LogP contribution is -2.13. The quantitative estimate of drug-likeness (QED) is 0.538. The van der Waals surface area contributed by atoms with E-state index in [0.29, 0.717) is 5.92 Å². The number of nitrogens with zero attached hydrogens (tertiary/aromatic N) is 1. The zero-order valence-electron chi connectivity index (χ0n) is 12.3. The lowest BCUT2D eigenvalue weighted by Gasteiger charge is -2.26. The van der Waals surface area contributed by atoms with Gasteiger partial charge >= 0.3 is 0 Å². The van der Waals surface area contributed by atoms with E-state index in [1.165, 1.54) is 43.7 Å². The third-order valence-corrected chi connectivity index (χ3v) is 4.31. The van der Waals surface area contributed by atoms with Crippen molar-refractivity contribution in [2.24, 2.45) is 11.8 Å². The van der Waals surface area contributed by atoms with Gasteiger partial charge in [0, 0.05) is 6.08 Å². The molecule has 0 atom stereocenters. The SMILES string of the molecule is N#CC=CC=CC1CCC(CCc2ccc(F)cc2)CC1. The Balaban J connectivity index is 1.69. The van der Waals surface area contributed by atoms with Gasteiger partial charge in [-0.2, -0.15) is 5.26 Å². The summed E-state index contributed by atoms with van der Waals surface area (Å²) in [5, 5.41) is 8.41. The van der Waals surface area contributed by atoms with Crippen LogP contribution in [0.1, 0.15) is 37.7 Å². The van der Waals surface area contributed by atoms with Crippen LogP contribution < -0.4 is 0 Å². The molecule has 1 saturated carbocycles. The third kappa shape index (κ3) is 5.55. The Kier molecular flexibility index (Phi) is 6.22. The van der Waals surface area contributed by atoms with Crippen LogP contribution in [0.15, 0.2) is 48.6 Å². The molecule has 21 heavy (non-hydrogen) atoms. The van der Waals surface area contributed by atoms with E-state index in [4.69, 9.17) is 5.26 Å². The summed E-state index contributed by atoms with van der Waals surface area (Å²) in [5.74, 6) is 1.31. The minimum absolute atomic E-state index is 0.156. The first-order chi connectivity index (χ1) is 10.3. The number of benzene rings is 1. The molecule has 0 bridgehead atoms. The van der Waals surface area contributed by atoms with Gasteiger partial charge in [-0.1, -0.05) is 30.4 Å². The molecule has 0 radical (unpaired) electrons. The van der Waals surface area contributed by atoms with Crippen LogP contribution in [0, 0.1) is 29.0 Å². The number of hydrogen-bond acceptors (Lipinski definition) is 1. The summed E-state index contributed by atoms with van der Waals surface area (Å²) >= 11 is 0. The molecule has 0 saturated heterocycles. The molecule has 1 fully saturated rings. The number of halogens is 1. The van der Waals surface area contributed by atoms with Crippen LogP contribution in [0.2, 0.25) is 0 Å². The highest BCUT2D eigenvalue weighted by Crippen LogP contribution is 2.32. The lowest BCUT2D eigenvalue weighted by atomic mass is 9.79. The standard InChI is InChI=1S/C19H22FN/c20-19-13-11-18(12-14-19)10-9-17-7-5-16(6-8-17)4-2-1-3-15-21/h1-4,11-14,16-17H,5-10H2. The fourth-order valence-electron chi connectivity index (χ4n) is 3.01. The van der Waals surface area contributed by atoms with Crippen molar-refractivity contribution < 1.29 is 4.39 Å². The van der Waals surface area contributed by atoms with E-state index in [2.05, 4.69) is 6.08 Å². The van der Waals surface area contributed by atoms with Crippen molar-refractivity contribution >= 4 is 0 Å². The van der Waals surface area contributed by atoms with E-state index in [1.807, 2.05) is 24.3 Å². The van der Waals surface area contributed by atoms with Crippen molar-refractivity contribution in [1.29, 1.82) is 5.26 Å². The Bertz CT molecular complexity index is 513. The van der Waals surface area contributed by atoms with Crippen molar-refractivity contribution in [2.75, 3.05) is 0 Å². The maximum absolute atomic E-state index is 12.8. The predicted octanol–water partition coefficient (Wildman–Crippen LogP) is 5.20. The minimum atomic E-state index is -0.156. The largest absolute Gasteiger partial charge is 0.207 e. The average Bonchev–Trinajstić information content (AvgIpc) is 2.52. The van der Waals surface area contributed by atoms with Crippen molar-refractivity contribution in [3.8, 4) is 6.07 Å². The summed E-state index contributed by atoms with van der Waals surface area (Å²) < 4.78 is 12.8. The molecule has 0 N–H and O–H groups in total. The predicted molar refractivity (Wildman–Crippen MR) is 84.1 cm³/mol. The summed E-state index contributed by atoms with van der Waals surface area (Å²) in [6.45, 7) is 0. The zero-order valence-corrected chi connectivity index (χ0v) is 12.3. The average molecular weight is 283 g/mol. The van der Waals surface area contributed by atoms with Gasteiger partial charge in [0.1, 0.15) is 5.82 Å². The van der Waals surface area contributed by atoms with Gasteiger partial charge in [-0.05, 0) is 68.1 Å². The van der Waals surface area contributed by atoms with E-state index in [9.17, 15) is 4.39 Å². The molecule has 0 unspecified atom stereocenters.